The number of aromatic nitrogens is 3. The second-order valence-electron chi connectivity index (χ2n) is 7.28. The number of hydrogen-bond donors (Lipinski definition) is 2. The number of para-hydroxylation sites is 1. The van der Waals surface area contributed by atoms with Gasteiger partial charge in [-0.3, -0.25) is 0 Å². The molecule has 2 aromatic carbocycles. The number of nitrogens with zero attached hydrogens (tertiary/aromatic N) is 3. The van der Waals surface area contributed by atoms with Crippen LogP contribution in [0.25, 0.3) is 0 Å². The van der Waals surface area contributed by atoms with Gasteiger partial charge in [0.15, 0.2) is 5.82 Å². The van der Waals surface area contributed by atoms with Gasteiger partial charge in [-0.15, -0.1) is 5.10 Å². The topological polar surface area (TPSA) is 72.0 Å². The Hall–Kier alpha value is -3.15. The third-order valence-corrected chi connectivity index (χ3v) is 4.21. The lowest BCUT2D eigenvalue weighted by Gasteiger charge is -2.19. The van der Waals surface area contributed by atoms with Crippen LogP contribution in [0.15, 0.2) is 54.7 Å². The Morgan fingerprint density at radius 1 is 1.00 bits per heavy atom. The Labute approximate surface area is 160 Å². The zero-order valence-corrected chi connectivity index (χ0v) is 16.2. The molecule has 0 bridgehead atoms. The first-order valence-corrected chi connectivity index (χ1v) is 8.89. The van der Waals surface area contributed by atoms with E-state index in [1.54, 1.807) is 13.3 Å². The minimum atomic E-state index is 0.130. The highest BCUT2D eigenvalue weighted by Crippen LogP contribution is 2.24. The first-order chi connectivity index (χ1) is 13.0. The summed E-state index contributed by atoms with van der Waals surface area (Å²) in [5.74, 6) is 1.92. The molecule has 2 N–H and O–H groups in total. The minimum Gasteiger partial charge on any atom is -0.496 e. The Kier molecular flexibility index (Phi) is 5.54. The van der Waals surface area contributed by atoms with E-state index < -0.39 is 0 Å². The SMILES string of the molecule is COc1ccccc1CNc1nncc(Nc2ccc(C(C)(C)C)cc2)n1. The Morgan fingerprint density at radius 3 is 2.44 bits per heavy atom. The summed E-state index contributed by atoms with van der Waals surface area (Å²) in [6, 6.07) is 16.2. The molecule has 0 aliphatic rings. The maximum absolute atomic E-state index is 5.36. The second kappa shape index (κ2) is 8.03. The summed E-state index contributed by atoms with van der Waals surface area (Å²) in [6.45, 7) is 7.14. The van der Waals surface area contributed by atoms with Crippen molar-refractivity contribution in [2.75, 3.05) is 17.7 Å². The van der Waals surface area contributed by atoms with Crippen LogP contribution in [-0.4, -0.2) is 22.3 Å². The van der Waals surface area contributed by atoms with Crippen LogP contribution >= 0.6 is 0 Å². The van der Waals surface area contributed by atoms with Gasteiger partial charge in [-0.1, -0.05) is 51.1 Å². The number of nitrogens with one attached hydrogen (secondary N) is 2. The molecule has 0 saturated carbocycles. The van der Waals surface area contributed by atoms with E-state index in [4.69, 9.17) is 4.74 Å². The van der Waals surface area contributed by atoms with Crippen molar-refractivity contribution in [2.45, 2.75) is 32.7 Å². The molecule has 0 spiro atoms. The van der Waals surface area contributed by atoms with Crippen molar-refractivity contribution in [3.63, 3.8) is 0 Å². The molecule has 140 valence electrons. The fraction of sp³-hybridized carbons (Fsp3) is 0.286. The highest BCUT2D eigenvalue weighted by atomic mass is 16.5. The monoisotopic (exact) mass is 363 g/mol. The summed E-state index contributed by atoms with van der Waals surface area (Å²) in [5, 5.41) is 14.5. The van der Waals surface area contributed by atoms with E-state index in [1.807, 2.05) is 36.4 Å². The van der Waals surface area contributed by atoms with Gasteiger partial charge in [0.25, 0.3) is 0 Å². The molecule has 1 heterocycles. The van der Waals surface area contributed by atoms with Crippen LogP contribution in [0.3, 0.4) is 0 Å². The molecule has 6 nitrogen and oxygen atoms in total. The van der Waals surface area contributed by atoms with Gasteiger partial charge in [0.1, 0.15) is 5.75 Å². The first kappa shape index (κ1) is 18.6. The van der Waals surface area contributed by atoms with Crippen LogP contribution < -0.4 is 15.4 Å². The normalized spacial score (nSPS) is 11.1. The van der Waals surface area contributed by atoms with Crippen molar-refractivity contribution in [1.82, 2.24) is 15.2 Å². The Morgan fingerprint density at radius 2 is 1.74 bits per heavy atom. The lowest BCUT2D eigenvalue weighted by Crippen LogP contribution is -2.10. The van der Waals surface area contributed by atoms with Gasteiger partial charge < -0.3 is 15.4 Å². The molecule has 0 fully saturated rings. The highest BCUT2D eigenvalue weighted by molar-refractivity contribution is 5.56. The van der Waals surface area contributed by atoms with Crippen LogP contribution in [0, 0.1) is 0 Å². The van der Waals surface area contributed by atoms with E-state index in [2.05, 4.69) is 58.7 Å². The smallest absolute Gasteiger partial charge is 0.244 e. The molecule has 0 atom stereocenters. The van der Waals surface area contributed by atoms with E-state index in [-0.39, 0.29) is 5.41 Å². The van der Waals surface area contributed by atoms with Gasteiger partial charge in [-0.05, 0) is 29.2 Å². The van der Waals surface area contributed by atoms with Crippen molar-refractivity contribution in [3.8, 4) is 5.75 Å². The standard InChI is InChI=1S/C21H25N5O/c1-21(2,3)16-9-11-17(12-10-16)24-19-14-23-26-20(25-19)22-13-15-7-5-6-8-18(15)27-4/h5-12,14H,13H2,1-4H3,(H2,22,24,25,26). The van der Waals surface area contributed by atoms with Gasteiger partial charge in [0, 0.05) is 17.8 Å². The second-order valence-corrected chi connectivity index (χ2v) is 7.28. The van der Waals surface area contributed by atoms with Crippen molar-refractivity contribution >= 4 is 17.5 Å². The summed E-state index contributed by atoms with van der Waals surface area (Å²) in [4.78, 5) is 4.47. The van der Waals surface area contributed by atoms with Gasteiger partial charge in [0.05, 0.1) is 13.3 Å². The van der Waals surface area contributed by atoms with Crippen molar-refractivity contribution in [3.05, 3.63) is 65.9 Å². The number of rotatable bonds is 6. The molecule has 6 heteroatoms. The van der Waals surface area contributed by atoms with E-state index in [0.29, 0.717) is 18.3 Å². The van der Waals surface area contributed by atoms with Crippen LogP contribution in [0.5, 0.6) is 5.75 Å². The van der Waals surface area contributed by atoms with E-state index in [0.717, 1.165) is 17.0 Å². The Balaban J connectivity index is 1.67. The molecule has 0 saturated heterocycles. The summed E-state index contributed by atoms with van der Waals surface area (Å²) in [5.41, 5.74) is 3.40. The van der Waals surface area contributed by atoms with Crippen LogP contribution in [0.4, 0.5) is 17.5 Å². The predicted octanol–water partition coefficient (Wildman–Crippen LogP) is 4.53. The van der Waals surface area contributed by atoms with Gasteiger partial charge in [-0.2, -0.15) is 10.1 Å². The molecule has 0 radical (unpaired) electrons. The average molecular weight is 363 g/mol. The first-order valence-electron chi connectivity index (χ1n) is 8.89. The van der Waals surface area contributed by atoms with Crippen molar-refractivity contribution in [1.29, 1.82) is 0 Å². The molecular formula is C21H25N5O. The summed E-state index contributed by atoms with van der Waals surface area (Å²) < 4.78 is 5.36. The number of methoxy groups -OCH3 is 1. The molecule has 0 amide bonds. The molecule has 0 aliphatic carbocycles. The number of anilines is 3. The van der Waals surface area contributed by atoms with Crippen LogP contribution in [0.1, 0.15) is 31.9 Å². The molecule has 3 rings (SSSR count). The van der Waals surface area contributed by atoms with Gasteiger partial charge in [0.2, 0.25) is 5.95 Å². The summed E-state index contributed by atoms with van der Waals surface area (Å²) in [7, 11) is 1.66. The van der Waals surface area contributed by atoms with Gasteiger partial charge >= 0.3 is 0 Å². The maximum Gasteiger partial charge on any atom is 0.244 e. The van der Waals surface area contributed by atoms with Crippen molar-refractivity contribution < 1.29 is 4.74 Å². The van der Waals surface area contributed by atoms with E-state index in [1.165, 1.54) is 5.56 Å². The van der Waals surface area contributed by atoms with E-state index in [9.17, 15) is 0 Å². The summed E-state index contributed by atoms with van der Waals surface area (Å²) in [6.07, 6.45) is 1.60. The minimum absolute atomic E-state index is 0.130. The Bertz CT molecular complexity index is 888. The lowest BCUT2D eigenvalue weighted by atomic mass is 9.87. The largest absolute Gasteiger partial charge is 0.496 e. The summed E-state index contributed by atoms with van der Waals surface area (Å²) >= 11 is 0. The molecule has 3 aromatic rings. The molecule has 0 aliphatic heterocycles. The van der Waals surface area contributed by atoms with Crippen LogP contribution in [0.2, 0.25) is 0 Å². The molecule has 0 unspecified atom stereocenters. The molecule has 27 heavy (non-hydrogen) atoms. The van der Waals surface area contributed by atoms with Crippen molar-refractivity contribution in [2.24, 2.45) is 0 Å². The number of hydrogen-bond acceptors (Lipinski definition) is 6. The molecule has 1 aromatic heterocycles. The lowest BCUT2D eigenvalue weighted by molar-refractivity contribution is 0.410. The zero-order valence-electron chi connectivity index (χ0n) is 16.2. The van der Waals surface area contributed by atoms with Crippen LogP contribution in [-0.2, 0) is 12.0 Å². The highest BCUT2D eigenvalue weighted by Gasteiger charge is 2.13. The fourth-order valence-electron chi connectivity index (χ4n) is 2.66. The number of benzene rings is 2. The third-order valence-electron chi connectivity index (χ3n) is 4.21. The predicted molar refractivity (Wildman–Crippen MR) is 109 cm³/mol. The maximum atomic E-state index is 5.36. The molecular weight excluding hydrogens is 338 g/mol. The average Bonchev–Trinajstić information content (AvgIpc) is 2.66. The number of ether oxygens (including phenoxy) is 1. The zero-order chi connectivity index (χ0) is 19.3. The quantitative estimate of drug-likeness (QED) is 0.670. The van der Waals surface area contributed by atoms with Gasteiger partial charge in [-0.25, -0.2) is 0 Å². The van der Waals surface area contributed by atoms with E-state index >= 15 is 0 Å². The third kappa shape index (κ3) is 4.94. The fourth-order valence-corrected chi connectivity index (χ4v) is 2.66.